The average molecular weight is 279 g/mol. The molecular formula is C15H11N4S+. The number of rotatable bonds is 0. The first kappa shape index (κ1) is 10.5. The van der Waals surface area contributed by atoms with Crippen molar-refractivity contribution in [1.29, 1.82) is 0 Å². The molecule has 0 amide bonds. The van der Waals surface area contributed by atoms with Gasteiger partial charge in [0.25, 0.3) is 0 Å². The summed E-state index contributed by atoms with van der Waals surface area (Å²) in [6.07, 6.45) is 3.73. The second-order valence-corrected chi connectivity index (χ2v) is 6.12. The van der Waals surface area contributed by atoms with E-state index in [0.29, 0.717) is 0 Å². The van der Waals surface area contributed by atoms with Gasteiger partial charge in [-0.25, -0.2) is 14.1 Å². The first-order chi connectivity index (χ1) is 9.84. The highest BCUT2D eigenvalue weighted by Gasteiger charge is 2.35. The lowest BCUT2D eigenvalue weighted by molar-refractivity contribution is -0.644. The fourth-order valence-electron chi connectivity index (χ4n) is 3.14. The molecule has 0 atom stereocenters. The van der Waals surface area contributed by atoms with Gasteiger partial charge in [-0.2, -0.15) is 0 Å². The van der Waals surface area contributed by atoms with Crippen LogP contribution in [0.2, 0.25) is 0 Å². The van der Waals surface area contributed by atoms with Crippen LogP contribution in [0.1, 0.15) is 5.56 Å². The third-order valence-corrected chi connectivity index (χ3v) is 5.15. The standard InChI is InChI=1S/C15H11N4S/c1-18-13-12-10(5-3-7-17-12)20-15(13)19-8-9-4-2-6-16-11(9)14(18)19/h2-7H,8H2,1H3/q+1. The number of thiophene rings is 1. The van der Waals surface area contributed by atoms with Gasteiger partial charge >= 0.3 is 5.82 Å². The Balaban J connectivity index is 1.98. The number of fused-ring (bicyclic) bond motifs is 7. The van der Waals surface area contributed by atoms with Gasteiger partial charge in [0.15, 0.2) is 5.69 Å². The second kappa shape index (κ2) is 3.43. The van der Waals surface area contributed by atoms with Crippen LogP contribution >= 0.6 is 11.3 Å². The number of pyridine rings is 2. The molecule has 0 unspecified atom stereocenters. The lowest BCUT2D eigenvalue weighted by Gasteiger charge is -1.94. The van der Waals surface area contributed by atoms with Gasteiger partial charge in [0.1, 0.15) is 12.1 Å². The second-order valence-electron chi connectivity index (χ2n) is 5.09. The van der Waals surface area contributed by atoms with E-state index in [1.165, 1.54) is 26.4 Å². The molecule has 4 nitrogen and oxygen atoms in total. The molecule has 1 aliphatic heterocycles. The summed E-state index contributed by atoms with van der Waals surface area (Å²) in [4.78, 5) is 10.4. The van der Waals surface area contributed by atoms with E-state index in [-0.39, 0.29) is 0 Å². The number of aryl methyl sites for hydroxylation is 1. The van der Waals surface area contributed by atoms with Crippen LogP contribution in [0.25, 0.3) is 32.1 Å². The number of nitrogens with zero attached hydrogens (tertiary/aromatic N) is 4. The summed E-state index contributed by atoms with van der Waals surface area (Å²) in [6, 6.07) is 8.31. The van der Waals surface area contributed by atoms with Gasteiger partial charge in [0.05, 0.1) is 11.7 Å². The normalized spacial score (nSPS) is 13.1. The first-order valence-corrected chi connectivity index (χ1v) is 7.36. The van der Waals surface area contributed by atoms with Crippen LogP contribution in [-0.4, -0.2) is 14.5 Å². The van der Waals surface area contributed by atoms with Gasteiger partial charge in [-0.15, -0.1) is 0 Å². The van der Waals surface area contributed by atoms with Crippen molar-refractivity contribution in [2.24, 2.45) is 7.05 Å². The number of hydrogen-bond acceptors (Lipinski definition) is 3. The van der Waals surface area contributed by atoms with Crippen LogP contribution in [0.4, 0.5) is 0 Å². The van der Waals surface area contributed by atoms with E-state index < -0.39 is 0 Å². The summed E-state index contributed by atoms with van der Waals surface area (Å²) in [7, 11) is 2.11. The molecule has 5 rings (SSSR count). The minimum Gasteiger partial charge on any atom is -0.251 e. The third-order valence-electron chi connectivity index (χ3n) is 3.99. The summed E-state index contributed by atoms with van der Waals surface area (Å²) in [6.45, 7) is 0.905. The van der Waals surface area contributed by atoms with Crippen molar-refractivity contribution in [3.05, 3.63) is 42.2 Å². The zero-order chi connectivity index (χ0) is 13.3. The Labute approximate surface area is 119 Å². The SMILES string of the molecule is Cn1c2[n+](c3sc4cccnc4c31)Cc1cccnc1-2. The minimum absolute atomic E-state index is 0.905. The maximum Gasteiger partial charge on any atom is 0.309 e. The van der Waals surface area contributed by atoms with Crippen molar-refractivity contribution in [3.8, 4) is 11.5 Å². The molecule has 96 valence electrons. The third kappa shape index (κ3) is 1.10. The molecule has 0 N–H and O–H groups in total. The highest BCUT2D eigenvalue weighted by molar-refractivity contribution is 7.25. The van der Waals surface area contributed by atoms with Crippen LogP contribution in [0.5, 0.6) is 0 Å². The van der Waals surface area contributed by atoms with E-state index in [1.54, 1.807) is 0 Å². The summed E-state index contributed by atoms with van der Waals surface area (Å²) >= 11 is 1.81. The van der Waals surface area contributed by atoms with Crippen molar-refractivity contribution in [3.63, 3.8) is 0 Å². The zero-order valence-corrected chi connectivity index (χ0v) is 11.7. The Kier molecular flexibility index (Phi) is 1.80. The van der Waals surface area contributed by atoms with E-state index in [0.717, 1.165) is 17.8 Å². The molecule has 0 fully saturated rings. The van der Waals surface area contributed by atoms with E-state index >= 15 is 0 Å². The fourth-order valence-corrected chi connectivity index (χ4v) is 4.34. The van der Waals surface area contributed by atoms with E-state index in [9.17, 15) is 0 Å². The summed E-state index contributed by atoms with van der Waals surface area (Å²) in [5, 5.41) is 0. The first-order valence-electron chi connectivity index (χ1n) is 6.54. The highest BCUT2D eigenvalue weighted by atomic mass is 32.1. The molecule has 20 heavy (non-hydrogen) atoms. The fraction of sp³-hybridized carbons (Fsp3) is 0.133. The molecule has 0 aromatic carbocycles. The predicted molar refractivity (Wildman–Crippen MR) is 78.6 cm³/mol. The lowest BCUT2D eigenvalue weighted by Crippen LogP contribution is -2.30. The topological polar surface area (TPSA) is 34.6 Å². The average Bonchev–Trinajstić information content (AvgIpc) is 3.10. The Morgan fingerprint density at radius 3 is 3.00 bits per heavy atom. The summed E-state index contributed by atoms with van der Waals surface area (Å²) in [5.41, 5.74) is 4.71. The van der Waals surface area contributed by atoms with Crippen LogP contribution in [0, 0.1) is 0 Å². The van der Waals surface area contributed by atoms with Gasteiger partial charge in [-0.05, 0) is 18.2 Å². The molecule has 0 saturated heterocycles. The van der Waals surface area contributed by atoms with E-state index in [2.05, 4.69) is 38.3 Å². The smallest absolute Gasteiger partial charge is 0.251 e. The Hall–Kier alpha value is -2.27. The number of hydrogen-bond donors (Lipinski definition) is 0. The highest BCUT2D eigenvalue weighted by Crippen LogP contribution is 2.36. The molecule has 0 spiro atoms. The molecule has 0 aliphatic carbocycles. The van der Waals surface area contributed by atoms with Gasteiger partial charge < -0.3 is 0 Å². The molecular weight excluding hydrogens is 268 g/mol. The summed E-state index contributed by atoms with van der Waals surface area (Å²) in [5.74, 6) is 1.19. The molecule has 4 aromatic heterocycles. The molecule has 4 aromatic rings. The van der Waals surface area contributed by atoms with Gasteiger partial charge in [0.2, 0.25) is 10.3 Å². The Morgan fingerprint density at radius 1 is 1.20 bits per heavy atom. The minimum atomic E-state index is 0.905. The Morgan fingerprint density at radius 2 is 2.05 bits per heavy atom. The van der Waals surface area contributed by atoms with Crippen LogP contribution < -0.4 is 4.57 Å². The van der Waals surface area contributed by atoms with Gasteiger partial charge in [0, 0.05) is 18.0 Å². The lowest BCUT2D eigenvalue weighted by atomic mass is 10.2. The van der Waals surface area contributed by atoms with Crippen molar-refractivity contribution < 1.29 is 4.57 Å². The van der Waals surface area contributed by atoms with E-state index in [4.69, 9.17) is 0 Å². The molecule has 5 heteroatoms. The van der Waals surface area contributed by atoms with Crippen molar-refractivity contribution in [2.45, 2.75) is 6.54 Å². The maximum absolute atomic E-state index is 4.56. The van der Waals surface area contributed by atoms with Crippen LogP contribution in [-0.2, 0) is 13.6 Å². The van der Waals surface area contributed by atoms with Gasteiger partial charge in [-0.1, -0.05) is 17.4 Å². The molecule has 0 saturated carbocycles. The van der Waals surface area contributed by atoms with Crippen molar-refractivity contribution in [1.82, 2.24) is 14.5 Å². The van der Waals surface area contributed by atoms with Gasteiger partial charge in [-0.3, -0.25) is 4.98 Å². The van der Waals surface area contributed by atoms with E-state index in [1.807, 2.05) is 35.9 Å². The number of imidazole rings is 1. The quantitative estimate of drug-likeness (QED) is 0.408. The zero-order valence-electron chi connectivity index (χ0n) is 10.9. The van der Waals surface area contributed by atoms with Crippen molar-refractivity contribution in [2.75, 3.05) is 0 Å². The molecule has 5 heterocycles. The Bertz CT molecular complexity index is 996. The predicted octanol–water partition coefficient (Wildman–Crippen LogP) is 2.50. The molecule has 0 radical (unpaired) electrons. The maximum atomic E-state index is 4.56. The van der Waals surface area contributed by atoms with Crippen LogP contribution in [0.3, 0.4) is 0 Å². The monoisotopic (exact) mass is 279 g/mol. The number of aromatic nitrogens is 4. The summed E-state index contributed by atoms with van der Waals surface area (Å²) < 4.78 is 5.84. The molecule has 1 aliphatic rings. The largest absolute Gasteiger partial charge is 0.309 e. The van der Waals surface area contributed by atoms with Crippen molar-refractivity contribution >= 4 is 31.9 Å². The van der Waals surface area contributed by atoms with Crippen LogP contribution in [0.15, 0.2) is 36.7 Å². The molecule has 0 bridgehead atoms.